The van der Waals surface area contributed by atoms with Crippen LogP contribution in [0, 0.1) is 11.8 Å². The van der Waals surface area contributed by atoms with E-state index in [1.165, 1.54) is 0 Å². The largest absolute Gasteiger partial charge is 0.481 e. The minimum Gasteiger partial charge on any atom is -0.481 e. The number of anilines is 1. The van der Waals surface area contributed by atoms with Crippen molar-refractivity contribution in [3.63, 3.8) is 0 Å². The fourth-order valence-corrected chi connectivity index (χ4v) is 3.97. The molecule has 0 radical (unpaired) electrons. The quantitative estimate of drug-likeness (QED) is 0.876. The number of aliphatic carboxylic acids is 1. The van der Waals surface area contributed by atoms with Crippen LogP contribution in [0.15, 0.2) is 30.3 Å². The number of rotatable bonds is 4. The van der Waals surface area contributed by atoms with E-state index in [2.05, 4.69) is 5.32 Å². The summed E-state index contributed by atoms with van der Waals surface area (Å²) in [5, 5.41) is 12.0. The molecule has 0 bridgehead atoms. The van der Waals surface area contributed by atoms with E-state index in [0.717, 1.165) is 12.1 Å². The molecule has 1 aromatic carbocycles. The van der Waals surface area contributed by atoms with Gasteiger partial charge in [0.05, 0.1) is 5.92 Å². The topological polar surface area (TPSA) is 86.7 Å². The normalized spacial score (nSPS) is 29.5. The first-order chi connectivity index (χ1) is 12.0. The van der Waals surface area contributed by atoms with Crippen molar-refractivity contribution in [2.24, 2.45) is 11.8 Å². The molecule has 1 aliphatic heterocycles. The zero-order valence-corrected chi connectivity index (χ0v) is 14.4. The van der Waals surface area contributed by atoms with Crippen molar-refractivity contribution in [1.29, 1.82) is 0 Å². The first-order valence-electron chi connectivity index (χ1n) is 8.88. The molecular weight excluding hydrogens is 320 g/mol. The van der Waals surface area contributed by atoms with E-state index >= 15 is 0 Å². The van der Waals surface area contributed by atoms with Crippen molar-refractivity contribution in [2.75, 3.05) is 4.90 Å². The molecule has 1 saturated carbocycles. The summed E-state index contributed by atoms with van der Waals surface area (Å²) in [4.78, 5) is 38.2. The van der Waals surface area contributed by atoms with Gasteiger partial charge in [-0.3, -0.25) is 14.4 Å². The molecular formula is C19H24N2O4. The highest BCUT2D eigenvalue weighted by Gasteiger charge is 2.40. The number of hydrogen-bond donors (Lipinski definition) is 2. The summed E-state index contributed by atoms with van der Waals surface area (Å²) >= 11 is 0. The summed E-state index contributed by atoms with van der Waals surface area (Å²) < 4.78 is 0. The van der Waals surface area contributed by atoms with E-state index in [-0.39, 0.29) is 23.8 Å². The molecule has 25 heavy (non-hydrogen) atoms. The molecule has 4 atom stereocenters. The Labute approximate surface area is 147 Å². The van der Waals surface area contributed by atoms with Crippen molar-refractivity contribution in [3.8, 4) is 0 Å². The van der Waals surface area contributed by atoms with Crippen LogP contribution in [0.25, 0.3) is 0 Å². The first kappa shape index (κ1) is 17.5. The Morgan fingerprint density at radius 2 is 1.80 bits per heavy atom. The molecule has 2 N–H and O–H groups in total. The summed E-state index contributed by atoms with van der Waals surface area (Å²) in [6.07, 6.45) is 2.98. The van der Waals surface area contributed by atoms with Gasteiger partial charge in [0, 0.05) is 17.6 Å². The molecule has 2 aliphatic rings. The van der Waals surface area contributed by atoms with E-state index in [9.17, 15) is 14.4 Å². The third-order valence-corrected chi connectivity index (χ3v) is 5.30. The summed E-state index contributed by atoms with van der Waals surface area (Å²) in [5.41, 5.74) is 0.834. The predicted molar refractivity (Wildman–Crippen MR) is 93.0 cm³/mol. The molecule has 1 aliphatic carbocycles. The second-order valence-corrected chi connectivity index (χ2v) is 7.09. The monoisotopic (exact) mass is 344 g/mol. The van der Waals surface area contributed by atoms with Crippen molar-refractivity contribution in [3.05, 3.63) is 30.3 Å². The van der Waals surface area contributed by atoms with Crippen LogP contribution in [-0.2, 0) is 14.4 Å². The number of carbonyl (C=O) groups excluding carboxylic acids is 2. The second-order valence-electron chi connectivity index (χ2n) is 7.09. The Balaban J connectivity index is 1.64. The number of carboxylic acid groups (broad SMARTS) is 1. The van der Waals surface area contributed by atoms with Gasteiger partial charge in [0.2, 0.25) is 11.8 Å². The second kappa shape index (κ2) is 7.25. The summed E-state index contributed by atoms with van der Waals surface area (Å²) in [6.45, 7) is 1.97. The average molecular weight is 344 g/mol. The fraction of sp³-hybridized carbons (Fsp3) is 0.526. The Morgan fingerprint density at radius 3 is 2.48 bits per heavy atom. The molecule has 6 nitrogen and oxygen atoms in total. The number of carbonyl (C=O) groups is 3. The molecule has 0 spiro atoms. The van der Waals surface area contributed by atoms with E-state index in [1.807, 2.05) is 37.3 Å². The highest BCUT2D eigenvalue weighted by atomic mass is 16.4. The van der Waals surface area contributed by atoms with Crippen molar-refractivity contribution < 1.29 is 19.5 Å². The van der Waals surface area contributed by atoms with Crippen LogP contribution in [0.4, 0.5) is 5.69 Å². The standard InChI is InChI=1S/C19H24N2O4/c1-12-10-16(18(23)21(12)15-8-3-2-4-9-15)20-17(22)13-6-5-7-14(11-13)19(24)25/h2-4,8-9,12-14,16H,5-7,10-11H2,1H3,(H,20,22)(H,24,25). The maximum Gasteiger partial charge on any atom is 0.306 e. The number of carboxylic acids is 1. The third kappa shape index (κ3) is 3.67. The van der Waals surface area contributed by atoms with Gasteiger partial charge in [-0.15, -0.1) is 0 Å². The van der Waals surface area contributed by atoms with E-state index in [4.69, 9.17) is 5.11 Å². The van der Waals surface area contributed by atoms with Crippen molar-refractivity contribution in [2.45, 2.75) is 51.1 Å². The average Bonchev–Trinajstić information content (AvgIpc) is 2.89. The Morgan fingerprint density at radius 1 is 1.12 bits per heavy atom. The van der Waals surface area contributed by atoms with Crippen molar-refractivity contribution in [1.82, 2.24) is 5.32 Å². The van der Waals surface area contributed by atoms with Crippen LogP contribution in [0.1, 0.15) is 39.0 Å². The SMILES string of the molecule is CC1CC(NC(=O)C2CCCC(C(=O)O)C2)C(=O)N1c1ccccc1. The lowest BCUT2D eigenvalue weighted by molar-refractivity contribution is -0.144. The van der Waals surface area contributed by atoms with Gasteiger partial charge in [-0.1, -0.05) is 24.6 Å². The molecule has 3 rings (SSSR count). The molecule has 134 valence electrons. The Kier molecular flexibility index (Phi) is 5.06. The van der Waals surface area contributed by atoms with Crippen molar-refractivity contribution >= 4 is 23.5 Å². The number of nitrogens with one attached hydrogen (secondary N) is 1. The van der Waals surface area contributed by atoms with Crippen LogP contribution >= 0.6 is 0 Å². The minimum absolute atomic E-state index is 0.0123. The van der Waals surface area contributed by atoms with Gasteiger partial charge in [-0.05, 0) is 44.7 Å². The van der Waals surface area contributed by atoms with E-state index < -0.39 is 17.9 Å². The Bertz CT molecular complexity index is 661. The van der Waals surface area contributed by atoms with Crippen LogP contribution in [-0.4, -0.2) is 35.0 Å². The number of nitrogens with zero attached hydrogens (tertiary/aromatic N) is 1. The van der Waals surface area contributed by atoms with Gasteiger partial charge in [-0.25, -0.2) is 0 Å². The lowest BCUT2D eigenvalue weighted by Gasteiger charge is -2.26. The molecule has 1 saturated heterocycles. The molecule has 0 aromatic heterocycles. The minimum atomic E-state index is -0.835. The highest BCUT2D eigenvalue weighted by molar-refractivity contribution is 6.02. The fourth-order valence-electron chi connectivity index (χ4n) is 3.97. The van der Waals surface area contributed by atoms with Gasteiger partial charge < -0.3 is 15.3 Å². The number of benzene rings is 1. The van der Waals surface area contributed by atoms with E-state index in [0.29, 0.717) is 25.7 Å². The molecule has 6 heteroatoms. The third-order valence-electron chi connectivity index (χ3n) is 5.30. The lowest BCUT2D eigenvalue weighted by Crippen LogP contribution is -2.45. The van der Waals surface area contributed by atoms with Crippen LogP contribution in [0.2, 0.25) is 0 Å². The van der Waals surface area contributed by atoms with Gasteiger partial charge in [0.25, 0.3) is 0 Å². The zero-order valence-electron chi connectivity index (χ0n) is 14.4. The molecule has 2 amide bonds. The number of hydrogen-bond acceptors (Lipinski definition) is 3. The smallest absolute Gasteiger partial charge is 0.306 e. The summed E-state index contributed by atoms with van der Waals surface area (Å²) in [5.74, 6) is -1.89. The summed E-state index contributed by atoms with van der Waals surface area (Å²) in [6, 6.07) is 8.92. The van der Waals surface area contributed by atoms with Crippen LogP contribution in [0.3, 0.4) is 0 Å². The maximum absolute atomic E-state index is 12.7. The zero-order chi connectivity index (χ0) is 18.0. The molecule has 1 aromatic rings. The lowest BCUT2D eigenvalue weighted by atomic mass is 9.81. The van der Waals surface area contributed by atoms with Gasteiger partial charge in [0.1, 0.15) is 6.04 Å². The van der Waals surface area contributed by atoms with Gasteiger partial charge >= 0.3 is 5.97 Å². The summed E-state index contributed by atoms with van der Waals surface area (Å²) in [7, 11) is 0. The highest BCUT2D eigenvalue weighted by Crippen LogP contribution is 2.31. The van der Waals surface area contributed by atoms with Crippen LogP contribution in [0.5, 0.6) is 0 Å². The van der Waals surface area contributed by atoms with Gasteiger partial charge in [0.15, 0.2) is 0 Å². The maximum atomic E-state index is 12.7. The number of para-hydroxylation sites is 1. The molecule has 2 fully saturated rings. The number of amides is 2. The van der Waals surface area contributed by atoms with Gasteiger partial charge in [-0.2, -0.15) is 0 Å². The van der Waals surface area contributed by atoms with Crippen LogP contribution < -0.4 is 10.2 Å². The molecule has 4 unspecified atom stereocenters. The predicted octanol–water partition coefficient (Wildman–Crippen LogP) is 2.19. The van der Waals surface area contributed by atoms with E-state index in [1.54, 1.807) is 4.90 Å². The molecule has 1 heterocycles. The first-order valence-corrected chi connectivity index (χ1v) is 8.88. The Hall–Kier alpha value is -2.37.